The minimum atomic E-state index is -0.197. The van der Waals surface area contributed by atoms with E-state index in [2.05, 4.69) is 15.3 Å². The highest BCUT2D eigenvalue weighted by Gasteiger charge is 2.30. The van der Waals surface area contributed by atoms with E-state index in [1.807, 2.05) is 19.1 Å². The van der Waals surface area contributed by atoms with Gasteiger partial charge < -0.3 is 10.4 Å². The highest BCUT2D eigenvalue weighted by Crippen LogP contribution is 2.36. The molecule has 1 aromatic carbocycles. The number of nitrogens with zero attached hydrogens (tertiary/aromatic N) is 2. The molecule has 3 rings (SSSR count). The number of aromatic nitrogens is 2. The summed E-state index contributed by atoms with van der Waals surface area (Å²) in [6, 6.07) is 8.74. The molecule has 0 amide bonds. The van der Waals surface area contributed by atoms with Crippen LogP contribution in [0.5, 0.6) is 0 Å². The summed E-state index contributed by atoms with van der Waals surface area (Å²) in [5.74, 6) is 1.63. The van der Waals surface area contributed by atoms with E-state index in [0.717, 1.165) is 24.4 Å². The summed E-state index contributed by atoms with van der Waals surface area (Å²) < 4.78 is 13.6. The number of benzene rings is 1. The third kappa shape index (κ3) is 3.42. The lowest BCUT2D eigenvalue weighted by atomic mass is 9.80. The Morgan fingerprint density at radius 1 is 1.27 bits per heavy atom. The lowest BCUT2D eigenvalue weighted by Gasteiger charge is -2.31. The molecule has 0 bridgehead atoms. The zero-order valence-electron chi connectivity index (χ0n) is 12.6. The second kappa shape index (κ2) is 6.40. The molecule has 1 aromatic heterocycles. The Hall–Kier alpha value is -2.01. The number of aryl methyl sites for hydroxylation is 1. The van der Waals surface area contributed by atoms with Crippen LogP contribution in [0.1, 0.15) is 35.8 Å². The molecule has 1 saturated carbocycles. The molecule has 0 radical (unpaired) electrons. The van der Waals surface area contributed by atoms with Crippen molar-refractivity contribution in [1.82, 2.24) is 9.97 Å². The Kier molecular flexibility index (Phi) is 4.34. The molecule has 2 N–H and O–H groups in total. The first-order valence-electron chi connectivity index (χ1n) is 7.63. The van der Waals surface area contributed by atoms with Gasteiger partial charge in [-0.1, -0.05) is 18.2 Å². The van der Waals surface area contributed by atoms with Gasteiger partial charge in [-0.2, -0.15) is 0 Å². The molecule has 1 heterocycles. The lowest BCUT2D eigenvalue weighted by molar-refractivity contribution is 0.0731. The SMILES string of the molecule is Cc1nc(NCCc2ccccc2F)cc(C2CC(O)C2)n1. The molecule has 0 saturated heterocycles. The molecular weight excluding hydrogens is 281 g/mol. The standard InChI is InChI=1S/C17H20FN3O/c1-11-20-16(13-8-14(22)9-13)10-17(21-11)19-7-6-12-4-2-3-5-15(12)18/h2-5,10,13-14,22H,6-9H2,1H3,(H,19,20,21). The van der Waals surface area contributed by atoms with E-state index in [-0.39, 0.29) is 11.9 Å². The molecule has 1 aliphatic carbocycles. The highest BCUT2D eigenvalue weighted by atomic mass is 19.1. The molecule has 0 unspecified atom stereocenters. The van der Waals surface area contributed by atoms with Crippen molar-refractivity contribution < 1.29 is 9.50 Å². The average molecular weight is 301 g/mol. The van der Waals surface area contributed by atoms with Gasteiger partial charge >= 0.3 is 0 Å². The summed E-state index contributed by atoms with van der Waals surface area (Å²) in [4.78, 5) is 8.82. The maximum atomic E-state index is 13.6. The van der Waals surface area contributed by atoms with E-state index >= 15 is 0 Å². The lowest BCUT2D eigenvalue weighted by Crippen LogP contribution is -2.27. The Balaban J connectivity index is 1.61. The normalized spacial score (nSPS) is 20.5. The molecule has 1 aliphatic rings. The van der Waals surface area contributed by atoms with E-state index in [1.54, 1.807) is 12.1 Å². The van der Waals surface area contributed by atoms with Crippen LogP contribution in [0.15, 0.2) is 30.3 Å². The second-order valence-corrected chi connectivity index (χ2v) is 5.82. The quantitative estimate of drug-likeness (QED) is 0.891. The summed E-state index contributed by atoms with van der Waals surface area (Å²) >= 11 is 0. The zero-order valence-corrected chi connectivity index (χ0v) is 12.6. The summed E-state index contributed by atoms with van der Waals surface area (Å²) in [6.07, 6.45) is 1.95. The van der Waals surface area contributed by atoms with Gasteiger partial charge in [0, 0.05) is 24.2 Å². The first-order chi connectivity index (χ1) is 10.6. The van der Waals surface area contributed by atoms with Gasteiger partial charge in [0.15, 0.2) is 0 Å². The van der Waals surface area contributed by atoms with Gasteiger partial charge in [0.25, 0.3) is 0 Å². The number of hydrogen-bond donors (Lipinski definition) is 2. The fourth-order valence-corrected chi connectivity index (χ4v) is 2.75. The van der Waals surface area contributed by atoms with Crippen LogP contribution in [0.4, 0.5) is 10.2 Å². The summed E-state index contributed by atoms with van der Waals surface area (Å²) in [7, 11) is 0. The number of halogens is 1. The molecule has 116 valence electrons. The van der Waals surface area contributed by atoms with Crippen LogP contribution in [0.2, 0.25) is 0 Å². The van der Waals surface area contributed by atoms with E-state index < -0.39 is 0 Å². The molecule has 4 nitrogen and oxygen atoms in total. The maximum Gasteiger partial charge on any atom is 0.129 e. The van der Waals surface area contributed by atoms with E-state index in [0.29, 0.717) is 30.3 Å². The largest absolute Gasteiger partial charge is 0.393 e. The van der Waals surface area contributed by atoms with Gasteiger partial charge in [-0.25, -0.2) is 14.4 Å². The first kappa shape index (κ1) is 14.9. The van der Waals surface area contributed by atoms with Gasteiger partial charge in [-0.05, 0) is 37.8 Å². The van der Waals surface area contributed by atoms with Gasteiger partial charge in [-0.15, -0.1) is 0 Å². The molecule has 22 heavy (non-hydrogen) atoms. The predicted molar refractivity (Wildman–Crippen MR) is 83.3 cm³/mol. The maximum absolute atomic E-state index is 13.6. The number of anilines is 1. The fourth-order valence-electron chi connectivity index (χ4n) is 2.75. The summed E-state index contributed by atoms with van der Waals surface area (Å²) in [5, 5.41) is 12.7. The minimum absolute atomic E-state index is 0.174. The predicted octanol–water partition coefficient (Wildman–Crippen LogP) is 2.82. The van der Waals surface area contributed by atoms with Gasteiger partial charge in [-0.3, -0.25) is 0 Å². The van der Waals surface area contributed by atoms with Crippen molar-refractivity contribution in [1.29, 1.82) is 0 Å². The van der Waals surface area contributed by atoms with Crippen molar-refractivity contribution in [2.24, 2.45) is 0 Å². The second-order valence-electron chi connectivity index (χ2n) is 5.82. The van der Waals surface area contributed by atoms with Gasteiger partial charge in [0.05, 0.1) is 6.10 Å². The number of aliphatic hydroxyl groups is 1. The number of aliphatic hydroxyl groups excluding tert-OH is 1. The Morgan fingerprint density at radius 2 is 2.05 bits per heavy atom. The molecule has 0 aliphatic heterocycles. The summed E-state index contributed by atoms with van der Waals surface area (Å²) in [6.45, 7) is 2.48. The molecule has 0 atom stereocenters. The number of nitrogens with one attached hydrogen (secondary N) is 1. The van der Waals surface area contributed by atoms with Crippen LogP contribution in [-0.2, 0) is 6.42 Å². The van der Waals surface area contributed by atoms with Crippen molar-refractivity contribution in [3.63, 3.8) is 0 Å². The van der Waals surface area contributed by atoms with Crippen LogP contribution < -0.4 is 5.32 Å². The van der Waals surface area contributed by atoms with Gasteiger partial charge in [0.1, 0.15) is 17.5 Å². The van der Waals surface area contributed by atoms with Crippen LogP contribution in [0.3, 0.4) is 0 Å². The molecule has 0 spiro atoms. The van der Waals surface area contributed by atoms with Crippen LogP contribution in [0.25, 0.3) is 0 Å². The van der Waals surface area contributed by atoms with Crippen molar-refractivity contribution >= 4 is 5.82 Å². The minimum Gasteiger partial charge on any atom is -0.393 e. The van der Waals surface area contributed by atoms with Crippen LogP contribution in [0, 0.1) is 12.7 Å². The molecular formula is C17H20FN3O. The summed E-state index contributed by atoms with van der Waals surface area (Å²) in [5.41, 5.74) is 1.68. The monoisotopic (exact) mass is 301 g/mol. The number of hydrogen-bond acceptors (Lipinski definition) is 4. The third-order valence-electron chi connectivity index (χ3n) is 4.05. The van der Waals surface area contributed by atoms with Gasteiger partial charge in [0.2, 0.25) is 0 Å². The topological polar surface area (TPSA) is 58.0 Å². The number of rotatable bonds is 5. The van der Waals surface area contributed by atoms with Crippen molar-refractivity contribution in [2.75, 3.05) is 11.9 Å². The zero-order chi connectivity index (χ0) is 15.5. The van der Waals surface area contributed by atoms with Crippen LogP contribution >= 0.6 is 0 Å². The van der Waals surface area contributed by atoms with Crippen molar-refractivity contribution in [3.8, 4) is 0 Å². The van der Waals surface area contributed by atoms with Crippen molar-refractivity contribution in [2.45, 2.75) is 38.2 Å². The highest BCUT2D eigenvalue weighted by molar-refractivity contribution is 5.38. The van der Waals surface area contributed by atoms with Crippen LogP contribution in [-0.4, -0.2) is 27.7 Å². The first-order valence-corrected chi connectivity index (χ1v) is 7.63. The average Bonchev–Trinajstić information content (AvgIpc) is 2.45. The molecule has 2 aromatic rings. The smallest absolute Gasteiger partial charge is 0.129 e. The van der Waals surface area contributed by atoms with Crippen molar-refractivity contribution in [3.05, 3.63) is 53.2 Å². The molecule has 1 fully saturated rings. The molecule has 5 heteroatoms. The Bertz CT molecular complexity index is 656. The Morgan fingerprint density at radius 3 is 2.77 bits per heavy atom. The van der Waals surface area contributed by atoms with E-state index in [1.165, 1.54) is 6.07 Å². The Labute approximate surface area is 129 Å². The third-order valence-corrected chi connectivity index (χ3v) is 4.05. The van der Waals surface area contributed by atoms with E-state index in [9.17, 15) is 9.50 Å². The van der Waals surface area contributed by atoms with E-state index in [4.69, 9.17) is 0 Å². The fraction of sp³-hybridized carbons (Fsp3) is 0.412.